The largest absolute Gasteiger partial charge is 0.455 e. The number of alkyl halides is 1. The zero-order valence-electron chi connectivity index (χ0n) is 28.5. The van der Waals surface area contributed by atoms with Crippen LogP contribution >= 0.6 is 27.5 Å². The maximum Gasteiger partial charge on any atom is 0.313 e. The summed E-state index contributed by atoms with van der Waals surface area (Å²) in [5, 5.41) is 9.91. The van der Waals surface area contributed by atoms with E-state index in [4.69, 9.17) is 21.1 Å². The van der Waals surface area contributed by atoms with Crippen molar-refractivity contribution >= 4 is 56.9 Å². The van der Waals surface area contributed by atoms with Crippen molar-refractivity contribution in [3.8, 4) is 0 Å². The van der Waals surface area contributed by atoms with Crippen LogP contribution in [0.1, 0.15) is 50.7 Å². The van der Waals surface area contributed by atoms with Crippen LogP contribution in [0, 0.1) is 11.8 Å². The second-order valence-corrected chi connectivity index (χ2v) is 14.7. The Morgan fingerprint density at radius 3 is 2.50 bits per heavy atom. The molecule has 0 radical (unpaired) electrons. The van der Waals surface area contributed by atoms with Crippen LogP contribution in [-0.2, 0) is 28.7 Å². The number of amides is 3. The van der Waals surface area contributed by atoms with Gasteiger partial charge in [-0.05, 0) is 50.3 Å². The molecule has 8 atom stereocenters. The van der Waals surface area contributed by atoms with E-state index in [1.165, 1.54) is 9.80 Å². The number of aliphatic hydroxyl groups excluding tert-OH is 1. The molecule has 1 unspecified atom stereocenters. The molecule has 1 spiro atoms. The number of unbranched alkanes of at least 4 members (excludes halogenated alkanes) is 1. The maximum atomic E-state index is 14.8. The number of likely N-dealkylation sites (tertiary alicyclic amines) is 1. The standard InChI is InChI=1S/C38H45BrClN3O7/c1-5-7-19-29(45)41(4)24(3)32(25-15-9-8-10-16-25)49-37(48)30-31-35(46)43(21-13-14-22-44)34(38(31)23-26(39)33(30)50-38)36(47)42(20-6-2)28-18-12-11-17-27(28)40/h5-6,8-12,15-18,24,26,30-34,44H,1-2,7,13-14,19-23H2,3-4H3/t24-,26?,30+,31-,32+,33+,34+,38-/m1/s1. The van der Waals surface area contributed by atoms with Crippen molar-refractivity contribution in [3.05, 3.63) is 90.5 Å². The second-order valence-electron chi connectivity index (χ2n) is 13.2. The van der Waals surface area contributed by atoms with Crippen LogP contribution in [0.25, 0.3) is 0 Å². The van der Waals surface area contributed by atoms with Gasteiger partial charge >= 0.3 is 5.97 Å². The molecule has 3 heterocycles. The number of likely N-dealkylation sites (N-methyl/N-ethyl adjacent to an activating group) is 1. The first-order valence-electron chi connectivity index (χ1n) is 17.0. The fourth-order valence-corrected chi connectivity index (χ4v) is 8.87. The summed E-state index contributed by atoms with van der Waals surface area (Å²) in [4.78, 5) is 61.1. The van der Waals surface area contributed by atoms with Gasteiger partial charge < -0.3 is 29.3 Å². The van der Waals surface area contributed by atoms with Gasteiger partial charge in [0, 0.05) is 38.0 Å². The number of rotatable bonds is 16. The molecular formula is C38H45BrClN3O7. The Bertz CT molecular complexity index is 1590. The van der Waals surface area contributed by atoms with Gasteiger partial charge in [0.2, 0.25) is 11.8 Å². The molecule has 2 aromatic rings. The van der Waals surface area contributed by atoms with E-state index in [9.17, 15) is 24.3 Å². The molecule has 1 N–H and O–H groups in total. The normalized spacial score (nSPS) is 26.2. The van der Waals surface area contributed by atoms with Crippen molar-refractivity contribution in [2.75, 3.05) is 31.6 Å². The third-order valence-electron chi connectivity index (χ3n) is 10.2. The quantitative estimate of drug-likeness (QED) is 0.104. The maximum absolute atomic E-state index is 14.8. The van der Waals surface area contributed by atoms with Crippen molar-refractivity contribution < 1.29 is 33.8 Å². The minimum atomic E-state index is -1.33. The number of allylic oxidation sites excluding steroid dienone is 1. The highest BCUT2D eigenvalue weighted by atomic mass is 79.9. The van der Waals surface area contributed by atoms with E-state index < -0.39 is 53.6 Å². The number of carbonyl (C=O) groups excluding carboxylic acids is 4. The smallest absolute Gasteiger partial charge is 0.313 e. The molecule has 5 rings (SSSR count). The van der Waals surface area contributed by atoms with Crippen molar-refractivity contribution in [1.82, 2.24) is 9.80 Å². The number of nitrogens with zero attached hydrogens (tertiary/aromatic N) is 3. The van der Waals surface area contributed by atoms with Gasteiger partial charge in [-0.25, -0.2) is 0 Å². The Hall–Kier alpha value is -3.51. The lowest BCUT2D eigenvalue weighted by Gasteiger charge is -2.37. The molecule has 10 nitrogen and oxygen atoms in total. The van der Waals surface area contributed by atoms with E-state index in [1.807, 2.05) is 37.3 Å². The SMILES string of the molecule is C=CCCC(=O)N(C)[C@H](C)[C@H](OC(=O)[C@@H]1[C@H]2O[C@@]3(CC2Br)[C@H](C(=O)N(CC=C)c2ccccc2Cl)N(CCCCO)C(=O)[C@@H]13)c1ccccc1. The first-order valence-corrected chi connectivity index (χ1v) is 18.3. The van der Waals surface area contributed by atoms with Crippen molar-refractivity contribution in [1.29, 1.82) is 0 Å². The molecule has 0 saturated carbocycles. The van der Waals surface area contributed by atoms with E-state index in [0.29, 0.717) is 42.0 Å². The molecule has 0 aliphatic carbocycles. The third-order valence-corrected chi connectivity index (χ3v) is 11.4. The Kier molecular flexibility index (Phi) is 12.2. The molecule has 3 amide bonds. The predicted octanol–water partition coefficient (Wildman–Crippen LogP) is 5.48. The number of halogens is 2. The van der Waals surface area contributed by atoms with Crippen molar-refractivity contribution in [2.24, 2.45) is 11.8 Å². The van der Waals surface area contributed by atoms with Crippen molar-refractivity contribution in [3.63, 3.8) is 0 Å². The summed E-state index contributed by atoms with van der Waals surface area (Å²) in [6, 6.07) is 14.5. The topological polar surface area (TPSA) is 117 Å². The number of benzene rings is 2. The first kappa shape index (κ1) is 37.7. The van der Waals surface area contributed by atoms with Crippen LogP contribution in [0.2, 0.25) is 5.02 Å². The number of esters is 1. The second kappa shape index (κ2) is 16.2. The molecule has 3 aliphatic rings. The highest BCUT2D eigenvalue weighted by molar-refractivity contribution is 9.09. The van der Waals surface area contributed by atoms with Crippen LogP contribution < -0.4 is 4.90 Å². The van der Waals surface area contributed by atoms with Crippen LogP contribution in [0.3, 0.4) is 0 Å². The minimum absolute atomic E-state index is 0.0714. The van der Waals surface area contributed by atoms with Crippen LogP contribution in [0.4, 0.5) is 5.69 Å². The van der Waals surface area contributed by atoms with Crippen LogP contribution in [0.15, 0.2) is 79.9 Å². The summed E-state index contributed by atoms with van der Waals surface area (Å²) in [7, 11) is 1.68. The van der Waals surface area contributed by atoms with Crippen LogP contribution in [0.5, 0.6) is 0 Å². The summed E-state index contributed by atoms with van der Waals surface area (Å²) in [5.74, 6) is -3.54. The van der Waals surface area contributed by atoms with E-state index in [1.54, 1.807) is 48.4 Å². The summed E-state index contributed by atoms with van der Waals surface area (Å²) in [6.07, 6.45) is 3.65. The molecule has 0 aromatic heterocycles. The first-order chi connectivity index (χ1) is 24.0. The highest BCUT2D eigenvalue weighted by Crippen LogP contribution is 2.60. The fourth-order valence-electron chi connectivity index (χ4n) is 7.69. The lowest BCUT2D eigenvalue weighted by Crippen LogP contribution is -2.57. The lowest BCUT2D eigenvalue weighted by atomic mass is 9.70. The van der Waals surface area contributed by atoms with E-state index >= 15 is 0 Å². The Balaban J connectivity index is 1.52. The minimum Gasteiger partial charge on any atom is -0.455 e. The van der Waals surface area contributed by atoms with E-state index in [2.05, 4.69) is 29.1 Å². The number of aliphatic hydroxyl groups is 1. The van der Waals surface area contributed by atoms with Gasteiger partial charge in [-0.2, -0.15) is 0 Å². The Morgan fingerprint density at radius 1 is 1.14 bits per heavy atom. The third kappa shape index (κ3) is 7.02. The highest BCUT2D eigenvalue weighted by Gasteiger charge is 2.77. The number of hydrogen-bond donors (Lipinski definition) is 1. The summed E-state index contributed by atoms with van der Waals surface area (Å²) in [5.41, 5.74) is -0.170. The number of ether oxygens (including phenoxy) is 2. The zero-order chi connectivity index (χ0) is 36.2. The van der Waals surface area contributed by atoms with Gasteiger partial charge in [0.25, 0.3) is 5.91 Å². The Morgan fingerprint density at radius 2 is 1.84 bits per heavy atom. The van der Waals surface area contributed by atoms with Crippen LogP contribution in [-0.4, -0.2) is 94.0 Å². The molecule has 3 fully saturated rings. The molecule has 3 saturated heterocycles. The van der Waals surface area contributed by atoms with Crippen molar-refractivity contribution in [2.45, 2.75) is 73.7 Å². The lowest BCUT2D eigenvalue weighted by molar-refractivity contribution is -0.164. The fraction of sp³-hybridized carbons (Fsp3) is 0.474. The summed E-state index contributed by atoms with van der Waals surface area (Å²) < 4.78 is 13.0. The van der Waals surface area contributed by atoms with E-state index in [0.717, 1.165) is 0 Å². The molecule has 2 bridgehead atoms. The Labute approximate surface area is 307 Å². The zero-order valence-corrected chi connectivity index (χ0v) is 30.8. The molecule has 50 heavy (non-hydrogen) atoms. The summed E-state index contributed by atoms with van der Waals surface area (Å²) >= 11 is 10.3. The van der Waals surface area contributed by atoms with Gasteiger partial charge in [-0.3, -0.25) is 19.2 Å². The summed E-state index contributed by atoms with van der Waals surface area (Å²) in [6.45, 7) is 9.62. The molecular weight excluding hydrogens is 726 g/mol. The number of anilines is 1. The number of fused-ring (bicyclic) bond motifs is 1. The van der Waals surface area contributed by atoms with Gasteiger partial charge in [-0.15, -0.1) is 13.2 Å². The van der Waals surface area contributed by atoms with Gasteiger partial charge in [0.15, 0.2) is 0 Å². The average Bonchev–Trinajstić information content (AvgIpc) is 3.71. The molecule has 2 aromatic carbocycles. The molecule has 12 heteroatoms. The monoisotopic (exact) mass is 769 g/mol. The van der Waals surface area contributed by atoms with Gasteiger partial charge in [0.1, 0.15) is 17.7 Å². The average molecular weight is 771 g/mol. The molecule has 3 aliphatic heterocycles. The predicted molar refractivity (Wildman–Crippen MR) is 195 cm³/mol. The van der Waals surface area contributed by atoms with E-state index in [-0.39, 0.29) is 42.8 Å². The number of hydrogen-bond acceptors (Lipinski definition) is 7. The number of para-hydroxylation sites is 1. The molecule has 268 valence electrons. The van der Waals surface area contributed by atoms with Gasteiger partial charge in [0.05, 0.1) is 34.7 Å². The number of carbonyl (C=O) groups is 4. The van der Waals surface area contributed by atoms with Gasteiger partial charge in [-0.1, -0.05) is 82.1 Å².